The zero-order chi connectivity index (χ0) is 34.3. The van der Waals surface area contributed by atoms with Crippen LogP contribution in [0.3, 0.4) is 0 Å². The molecule has 0 aromatic rings. The van der Waals surface area contributed by atoms with Crippen molar-refractivity contribution in [3.63, 3.8) is 0 Å². The molecule has 1 atom stereocenters. The number of aliphatic carboxylic acids is 1. The number of unbranched alkanes of at least 4 members (excludes halogenated alkanes) is 25. The lowest BCUT2D eigenvalue weighted by molar-refractivity contribution is -0.150. The highest BCUT2D eigenvalue weighted by atomic mass is 16.5. The molecule has 0 saturated carbocycles. The fourth-order valence-corrected chi connectivity index (χ4v) is 6.30. The van der Waals surface area contributed by atoms with Gasteiger partial charge in [-0.3, -0.25) is 9.59 Å². The van der Waals surface area contributed by atoms with Crippen molar-refractivity contribution in [1.82, 2.24) is 0 Å². The van der Waals surface area contributed by atoms with Crippen LogP contribution in [0.25, 0.3) is 0 Å². The van der Waals surface area contributed by atoms with Crippen molar-refractivity contribution in [3.05, 3.63) is 24.3 Å². The first kappa shape index (κ1) is 45.4. The maximum atomic E-state index is 12.7. The van der Waals surface area contributed by atoms with Crippen LogP contribution < -0.4 is 0 Å². The van der Waals surface area contributed by atoms with E-state index in [1.165, 1.54) is 135 Å². The molecule has 0 saturated heterocycles. The summed E-state index contributed by atoms with van der Waals surface area (Å²) in [4.78, 5) is 23.4. The van der Waals surface area contributed by atoms with Gasteiger partial charge in [0.1, 0.15) is 6.10 Å². The van der Waals surface area contributed by atoms with E-state index in [9.17, 15) is 9.59 Å². The van der Waals surface area contributed by atoms with Gasteiger partial charge in [-0.1, -0.05) is 160 Å². The minimum atomic E-state index is -0.703. The SMILES string of the molecule is CCCCCCCCC/C=C\CCCCCCCC(=O)OC(CCC/C=C\CCCCCCCCCC)CCCCCCCC(=O)O. The van der Waals surface area contributed by atoms with Crippen molar-refractivity contribution < 1.29 is 19.4 Å². The predicted octanol–water partition coefficient (Wildman–Crippen LogP) is 14.4. The summed E-state index contributed by atoms with van der Waals surface area (Å²) in [6, 6.07) is 0. The standard InChI is InChI=1S/C43H80O4/c1-3-5-7-9-11-13-15-17-18-19-21-23-25-27-32-36-40-43(46)47-41(38-34-30-28-31-35-39-42(44)45)37-33-29-26-24-22-20-16-14-12-10-8-6-4-2/h18-19,24,26,41H,3-17,20-23,25,27-40H2,1-2H3,(H,44,45)/b19-18-,26-24-. The lowest BCUT2D eigenvalue weighted by atomic mass is 10.0. The van der Waals surface area contributed by atoms with E-state index in [1.54, 1.807) is 0 Å². The van der Waals surface area contributed by atoms with E-state index < -0.39 is 5.97 Å². The van der Waals surface area contributed by atoms with E-state index >= 15 is 0 Å². The van der Waals surface area contributed by atoms with E-state index in [4.69, 9.17) is 9.84 Å². The van der Waals surface area contributed by atoms with Crippen LogP contribution in [0.1, 0.15) is 232 Å². The molecule has 0 aromatic carbocycles. The molecule has 0 spiro atoms. The quantitative estimate of drug-likeness (QED) is 0.0407. The van der Waals surface area contributed by atoms with Gasteiger partial charge in [0.15, 0.2) is 0 Å². The molecule has 1 N–H and O–H groups in total. The summed E-state index contributed by atoms with van der Waals surface area (Å²) in [5, 5.41) is 8.82. The van der Waals surface area contributed by atoms with E-state index in [2.05, 4.69) is 38.2 Å². The number of carbonyl (C=O) groups excluding carboxylic acids is 1. The minimum Gasteiger partial charge on any atom is -0.481 e. The molecule has 0 aliphatic carbocycles. The highest BCUT2D eigenvalue weighted by Crippen LogP contribution is 2.18. The lowest BCUT2D eigenvalue weighted by Gasteiger charge is -2.18. The third-order valence-electron chi connectivity index (χ3n) is 9.40. The third-order valence-corrected chi connectivity index (χ3v) is 9.40. The molecule has 0 rings (SSSR count). The molecule has 0 bridgehead atoms. The second-order valence-electron chi connectivity index (χ2n) is 14.2. The zero-order valence-corrected chi connectivity index (χ0v) is 31.6. The van der Waals surface area contributed by atoms with Gasteiger partial charge in [-0.15, -0.1) is 0 Å². The van der Waals surface area contributed by atoms with Crippen LogP contribution in [0, 0.1) is 0 Å². The summed E-state index contributed by atoms with van der Waals surface area (Å²) in [7, 11) is 0. The van der Waals surface area contributed by atoms with Crippen LogP contribution in [0.5, 0.6) is 0 Å². The van der Waals surface area contributed by atoms with Crippen LogP contribution in [-0.2, 0) is 14.3 Å². The van der Waals surface area contributed by atoms with Gasteiger partial charge in [0.25, 0.3) is 0 Å². The Bertz CT molecular complexity index is 713. The molecule has 4 nitrogen and oxygen atoms in total. The average molecular weight is 661 g/mol. The van der Waals surface area contributed by atoms with Gasteiger partial charge >= 0.3 is 11.9 Å². The highest BCUT2D eigenvalue weighted by molar-refractivity contribution is 5.69. The van der Waals surface area contributed by atoms with Crippen LogP contribution in [-0.4, -0.2) is 23.1 Å². The average Bonchev–Trinajstić information content (AvgIpc) is 3.05. The molecule has 0 aromatic heterocycles. The molecule has 47 heavy (non-hydrogen) atoms. The van der Waals surface area contributed by atoms with Crippen molar-refractivity contribution in [1.29, 1.82) is 0 Å². The first-order chi connectivity index (χ1) is 23.1. The fraction of sp³-hybridized carbons (Fsp3) is 0.860. The first-order valence-corrected chi connectivity index (χ1v) is 20.8. The molecule has 0 radical (unpaired) electrons. The maximum absolute atomic E-state index is 12.7. The summed E-state index contributed by atoms with van der Waals surface area (Å²) in [6.07, 6.45) is 49.1. The molecular formula is C43H80O4. The smallest absolute Gasteiger partial charge is 0.306 e. The molecule has 4 heteroatoms. The van der Waals surface area contributed by atoms with Gasteiger partial charge in [-0.05, 0) is 83.5 Å². The summed E-state index contributed by atoms with van der Waals surface area (Å²) >= 11 is 0. The number of rotatable bonds is 38. The molecule has 0 fully saturated rings. The fourth-order valence-electron chi connectivity index (χ4n) is 6.30. The Morgan fingerprint density at radius 3 is 1.23 bits per heavy atom. The van der Waals surface area contributed by atoms with E-state index in [0.717, 1.165) is 70.6 Å². The summed E-state index contributed by atoms with van der Waals surface area (Å²) in [6.45, 7) is 4.55. The van der Waals surface area contributed by atoms with Crippen LogP contribution in [0.4, 0.5) is 0 Å². The Balaban J connectivity index is 4.06. The van der Waals surface area contributed by atoms with Gasteiger partial charge in [-0.2, -0.15) is 0 Å². The number of carbonyl (C=O) groups is 2. The van der Waals surface area contributed by atoms with Crippen molar-refractivity contribution in [2.24, 2.45) is 0 Å². The molecule has 276 valence electrons. The van der Waals surface area contributed by atoms with Gasteiger partial charge in [0.05, 0.1) is 0 Å². The van der Waals surface area contributed by atoms with Gasteiger partial charge < -0.3 is 9.84 Å². The Kier molecular flexibility index (Phi) is 37.6. The van der Waals surface area contributed by atoms with E-state index in [0.29, 0.717) is 6.42 Å². The van der Waals surface area contributed by atoms with Crippen molar-refractivity contribution in [2.75, 3.05) is 0 Å². The Morgan fingerprint density at radius 2 is 0.787 bits per heavy atom. The van der Waals surface area contributed by atoms with Gasteiger partial charge in [0, 0.05) is 12.8 Å². The van der Waals surface area contributed by atoms with Crippen LogP contribution in [0.2, 0.25) is 0 Å². The van der Waals surface area contributed by atoms with Crippen molar-refractivity contribution in [2.45, 2.75) is 238 Å². The summed E-state index contributed by atoms with van der Waals surface area (Å²) in [5.74, 6) is -0.722. The molecule has 0 aliphatic rings. The molecule has 0 amide bonds. The van der Waals surface area contributed by atoms with E-state index in [-0.39, 0.29) is 18.5 Å². The number of hydrogen-bond donors (Lipinski definition) is 1. The largest absolute Gasteiger partial charge is 0.481 e. The lowest BCUT2D eigenvalue weighted by Crippen LogP contribution is -2.18. The molecule has 1 unspecified atom stereocenters. The topological polar surface area (TPSA) is 63.6 Å². The summed E-state index contributed by atoms with van der Waals surface area (Å²) in [5.41, 5.74) is 0. The van der Waals surface area contributed by atoms with Crippen LogP contribution >= 0.6 is 0 Å². The number of ether oxygens (including phenoxy) is 1. The number of carboxylic acid groups (broad SMARTS) is 1. The second kappa shape index (κ2) is 38.9. The monoisotopic (exact) mass is 661 g/mol. The van der Waals surface area contributed by atoms with E-state index in [1.807, 2.05) is 0 Å². The molecule has 0 heterocycles. The van der Waals surface area contributed by atoms with Gasteiger partial charge in [-0.25, -0.2) is 0 Å². The number of hydrogen-bond acceptors (Lipinski definition) is 3. The zero-order valence-electron chi connectivity index (χ0n) is 31.6. The van der Waals surface area contributed by atoms with Crippen molar-refractivity contribution in [3.8, 4) is 0 Å². The highest BCUT2D eigenvalue weighted by Gasteiger charge is 2.14. The Labute approximate surface area is 293 Å². The Hall–Kier alpha value is -1.58. The Morgan fingerprint density at radius 1 is 0.447 bits per heavy atom. The first-order valence-electron chi connectivity index (χ1n) is 20.8. The van der Waals surface area contributed by atoms with Crippen molar-refractivity contribution >= 4 is 11.9 Å². The summed E-state index contributed by atoms with van der Waals surface area (Å²) < 4.78 is 5.99. The third kappa shape index (κ3) is 38.7. The van der Waals surface area contributed by atoms with Gasteiger partial charge in [0.2, 0.25) is 0 Å². The number of carboxylic acids is 1. The number of allylic oxidation sites excluding steroid dienone is 4. The number of esters is 1. The second-order valence-corrected chi connectivity index (χ2v) is 14.2. The molecule has 0 aliphatic heterocycles. The maximum Gasteiger partial charge on any atom is 0.306 e. The van der Waals surface area contributed by atoms with Crippen LogP contribution in [0.15, 0.2) is 24.3 Å². The normalized spacial score (nSPS) is 12.4. The minimum absolute atomic E-state index is 0.0185. The molecular weight excluding hydrogens is 580 g/mol. The predicted molar refractivity (Wildman–Crippen MR) is 204 cm³/mol.